The van der Waals surface area contributed by atoms with Gasteiger partial charge in [-0.2, -0.15) is 11.8 Å². The largest absolute Gasteiger partial charge is 0.348 e. The molecule has 2 aromatic rings. The van der Waals surface area contributed by atoms with Crippen LogP contribution < -0.4 is 10.6 Å². The molecule has 6 nitrogen and oxygen atoms in total. The molecule has 27 heavy (non-hydrogen) atoms. The zero-order chi connectivity index (χ0) is 19.4. The van der Waals surface area contributed by atoms with Crippen molar-refractivity contribution in [3.05, 3.63) is 48.0 Å². The Labute approximate surface area is 162 Å². The van der Waals surface area contributed by atoms with E-state index in [2.05, 4.69) is 10.6 Å². The summed E-state index contributed by atoms with van der Waals surface area (Å²) < 4.78 is 0. The molecule has 3 rings (SSSR count). The van der Waals surface area contributed by atoms with Gasteiger partial charge in [0.25, 0.3) is 5.91 Å². The fourth-order valence-electron chi connectivity index (χ4n) is 3.15. The van der Waals surface area contributed by atoms with E-state index >= 15 is 0 Å². The molecule has 0 aromatic heterocycles. The van der Waals surface area contributed by atoms with Crippen LogP contribution in [0.25, 0.3) is 10.8 Å². The lowest BCUT2D eigenvalue weighted by Gasteiger charge is -2.18. The molecular weight excluding hydrogens is 362 g/mol. The van der Waals surface area contributed by atoms with Crippen molar-refractivity contribution < 1.29 is 14.4 Å². The second kappa shape index (κ2) is 8.43. The molecule has 7 heteroatoms. The van der Waals surface area contributed by atoms with Crippen molar-refractivity contribution in [2.45, 2.75) is 25.4 Å². The SMILES string of the molecule is CSCCC1NC(=O)N(CC(=O)NC(C)c2ccc3ccccc3c2)C1=O. The molecular formula is C20H23N3O3S. The van der Waals surface area contributed by atoms with Crippen molar-refractivity contribution >= 4 is 40.4 Å². The zero-order valence-corrected chi connectivity index (χ0v) is 16.2. The highest BCUT2D eigenvalue weighted by Gasteiger charge is 2.38. The molecule has 1 aliphatic heterocycles. The van der Waals surface area contributed by atoms with Crippen LogP contribution in [-0.2, 0) is 9.59 Å². The van der Waals surface area contributed by atoms with Gasteiger partial charge in [-0.1, -0.05) is 36.4 Å². The number of hydrogen-bond donors (Lipinski definition) is 2. The van der Waals surface area contributed by atoms with Gasteiger partial charge in [0, 0.05) is 0 Å². The third-order valence-corrected chi connectivity index (χ3v) is 5.31. The molecule has 142 valence electrons. The van der Waals surface area contributed by atoms with E-state index in [1.807, 2.05) is 55.6 Å². The van der Waals surface area contributed by atoms with Crippen LogP contribution in [0.2, 0.25) is 0 Å². The number of imide groups is 1. The van der Waals surface area contributed by atoms with E-state index in [0.29, 0.717) is 6.42 Å². The molecule has 2 atom stereocenters. The summed E-state index contributed by atoms with van der Waals surface area (Å²) in [4.78, 5) is 37.7. The van der Waals surface area contributed by atoms with Crippen LogP contribution in [-0.4, -0.2) is 47.3 Å². The maximum Gasteiger partial charge on any atom is 0.325 e. The minimum absolute atomic E-state index is 0.227. The van der Waals surface area contributed by atoms with Gasteiger partial charge in [0.05, 0.1) is 6.04 Å². The van der Waals surface area contributed by atoms with E-state index in [-0.39, 0.29) is 24.4 Å². The van der Waals surface area contributed by atoms with E-state index in [0.717, 1.165) is 27.0 Å². The zero-order valence-electron chi connectivity index (χ0n) is 15.4. The number of carbonyl (C=O) groups excluding carboxylic acids is 3. The number of fused-ring (bicyclic) bond motifs is 1. The van der Waals surface area contributed by atoms with Crippen LogP contribution in [0.4, 0.5) is 4.79 Å². The highest BCUT2D eigenvalue weighted by molar-refractivity contribution is 7.98. The second-order valence-electron chi connectivity index (χ2n) is 6.60. The van der Waals surface area contributed by atoms with E-state index < -0.39 is 12.1 Å². The third-order valence-electron chi connectivity index (χ3n) is 4.67. The first-order valence-electron chi connectivity index (χ1n) is 8.88. The topological polar surface area (TPSA) is 78.5 Å². The first kappa shape index (κ1) is 19.2. The Balaban J connectivity index is 1.61. The van der Waals surface area contributed by atoms with Gasteiger partial charge in [-0.3, -0.25) is 14.5 Å². The smallest absolute Gasteiger partial charge is 0.325 e. The van der Waals surface area contributed by atoms with Gasteiger partial charge >= 0.3 is 6.03 Å². The van der Waals surface area contributed by atoms with Gasteiger partial charge in [-0.25, -0.2) is 4.79 Å². The standard InChI is InChI=1S/C20H23N3O3S/c1-13(15-8-7-14-5-3-4-6-16(14)11-15)21-18(24)12-23-19(25)17(9-10-27-2)22-20(23)26/h3-8,11,13,17H,9-10,12H2,1-2H3,(H,21,24)(H,22,26). The molecule has 2 N–H and O–H groups in total. The number of thioether (sulfide) groups is 1. The normalized spacial score (nSPS) is 17.9. The Kier molecular flexibility index (Phi) is 6.01. The quantitative estimate of drug-likeness (QED) is 0.719. The summed E-state index contributed by atoms with van der Waals surface area (Å²) in [6.45, 7) is 1.62. The Morgan fingerprint density at radius 3 is 2.70 bits per heavy atom. The highest BCUT2D eigenvalue weighted by Crippen LogP contribution is 2.20. The fourth-order valence-corrected chi connectivity index (χ4v) is 3.62. The van der Waals surface area contributed by atoms with E-state index in [1.165, 1.54) is 0 Å². The Hall–Kier alpha value is -2.54. The lowest BCUT2D eigenvalue weighted by molar-refractivity contribution is -0.132. The van der Waals surface area contributed by atoms with Crippen LogP contribution in [0, 0.1) is 0 Å². The average molecular weight is 385 g/mol. The van der Waals surface area contributed by atoms with Crippen LogP contribution >= 0.6 is 11.8 Å². The third kappa shape index (κ3) is 4.42. The summed E-state index contributed by atoms with van der Waals surface area (Å²) in [5.74, 6) is 0.0858. The number of urea groups is 1. The van der Waals surface area contributed by atoms with Crippen molar-refractivity contribution in [3.8, 4) is 0 Å². The lowest BCUT2D eigenvalue weighted by Crippen LogP contribution is -2.41. The first-order chi connectivity index (χ1) is 13.0. The maximum atomic E-state index is 12.4. The Morgan fingerprint density at radius 1 is 1.22 bits per heavy atom. The maximum absolute atomic E-state index is 12.4. The highest BCUT2D eigenvalue weighted by atomic mass is 32.2. The number of nitrogens with one attached hydrogen (secondary N) is 2. The van der Waals surface area contributed by atoms with Crippen molar-refractivity contribution in [1.82, 2.24) is 15.5 Å². The minimum atomic E-state index is -0.532. The summed E-state index contributed by atoms with van der Waals surface area (Å²) in [6.07, 6.45) is 2.51. The molecule has 1 heterocycles. The van der Waals surface area contributed by atoms with E-state index in [9.17, 15) is 14.4 Å². The fraction of sp³-hybridized carbons (Fsp3) is 0.350. The molecule has 2 unspecified atom stereocenters. The van der Waals surface area contributed by atoms with E-state index in [4.69, 9.17) is 0 Å². The van der Waals surface area contributed by atoms with Crippen molar-refractivity contribution in [2.24, 2.45) is 0 Å². The lowest BCUT2D eigenvalue weighted by atomic mass is 10.0. The second-order valence-corrected chi connectivity index (χ2v) is 7.59. The summed E-state index contributed by atoms with van der Waals surface area (Å²) in [7, 11) is 0. The van der Waals surface area contributed by atoms with E-state index in [1.54, 1.807) is 11.8 Å². The molecule has 4 amide bonds. The van der Waals surface area contributed by atoms with Crippen LogP contribution in [0.1, 0.15) is 24.9 Å². The minimum Gasteiger partial charge on any atom is -0.348 e. The van der Waals surface area contributed by atoms with Gasteiger partial charge in [0.15, 0.2) is 0 Å². The summed E-state index contributed by atoms with van der Waals surface area (Å²) in [5.41, 5.74) is 0.970. The number of hydrogen-bond acceptors (Lipinski definition) is 4. The molecule has 1 saturated heterocycles. The molecule has 2 aromatic carbocycles. The summed E-state index contributed by atoms with van der Waals surface area (Å²) in [6, 6.07) is 12.8. The predicted molar refractivity (Wildman–Crippen MR) is 108 cm³/mol. The van der Waals surface area contributed by atoms with Gasteiger partial charge in [0.1, 0.15) is 12.6 Å². The summed E-state index contributed by atoms with van der Waals surface area (Å²) in [5, 5.41) is 7.75. The predicted octanol–water partition coefficient (Wildman–Crippen LogP) is 2.69. The van der Waals surface area contributed by atoms with Crippen molar-refractivity contribution in [1.29, 1.82) is 0 Å². The van der Waals surface area contributed by atoms with Gasteiger partial charge in [-0.15, -0.1) is 0 Å². The molecule has 0 spiro atoms. The first-order valence-corrected chi connectivity index (χ1v) is 10.3. The van der Waals surface area contributed by atoms with Crippen LogP contribution in [0.5, 0.6) is 0 Å². The van der Waals surface area contributed by atoms with Crippen LogP contribution in [0.3, 0.4) is 0 Å². The number of carbonyl (C=O) groups is 3. The molecule has 0 radical (unpaired) electrons. The monoisotopic (exact) mass is 385 g/mol. The number of benzene rings is 2. The molecule has 1 fully saturated rings. The van der Waals surface area contributed by atoms with Crippen molar-refractivity contribution in [3.63, 3.8) is 0 Å². The molecule has 0 saturated carbocycles. The van der Waals surface area contributed by atoms with Crippen molar-refractivity contribution in [2.75, 3.05) is 18.6 Å². The summed E-state index contributed by atoms with van der Waals surface area (Å²) >= 11 is 1.61. The number of nitrogens with zero attached hydrogens (tertiary/aromatic N) is 1. The Morgan fingerprint density at radius 2 is 1.96 bits per heavy atom. The molecule has 0 bridgehead atoms. The number of rotatable bonds is 7. The van der Waals surface area contributed by atoms with Gasteiger partial charge in [-0.05, 0) is 47.8 Å². The Bertz CT molecular complexity index is 870. The van der Waals surface area contributed by atoms with Gasteiger partial charge in [0.2, 0.25) is 5.91 Å². The van der Waals surface area contributed by atoms with Crippen LogP contribution in [0.15, 0.2) is 42.5 Å². The molecule has 1 aliphatic rings. The average Bonchev–Trinajstić information content (AvgIpc) is 2.93. The molecule has 0 aliphatic carbocycles. The number of amides is 4. The van der Waals surface area contributed by atoms with Gasteiger partial charge < -0.3 is 10.6 Å².